The van der Waals surface area contributed by atoms with Gasteiger partial charge in [0.15, 0.2) is 0 Å². The van der Waals surface area contributed by atoms with Crippen LogP contribution in [0, 0.1) is 5.92 Å². The Balaban J connectivity index is 1.53. The summed E-state index contributed by atoms with van der Waals surface area (Å²) in [6.07, 6.45) is 10.8. The lowest BCUT2D eigenvalue weighted by Crippen LogP contribution is -2.30. The fourth-order valence-corrected chi connectivity index (χ4v) is 4.78. The number of rotatable bonds is 8. The van der Waals surface area contributed by atoms with Crippen LogP contribution in [0.15, 0.2) is 42.6 Å². The van der Waals surface area contributed by atoms with E-state index in [4.69, 9.17) is 5.10 Å². The fraction of sp³-hybridized carbons (Fsp3) is 0.462. The van der Waals surface area contributed by atoms with Crippen molar-refractivity contribution in [2.24, 2.45) is 5.92 Å². The molecule has 0 atom stereocenters. The summed E-state index contributed by atoms with van der Waals surface area (Å²) in [6.45, 7) is 4.86. The molecule has 4 nitrogen and oxygen atoms in total. The molecule has 30 heavy (non-hydrogen) atoms. The number of aryl methyl sites for hydroxylation is 1. The van der Waals surface area contributed by atoms with Crippen molar-refractivity contribution in [3.8, 4) is 5.69 Å². The van der Waals surface area contributed by atoms with Crippen molar-refractivity contribution in [3.05, 3.63) is 59.3 Å². The molecule has 1 N–H and O–H groups in total. The molecule has 0 saturated heterocycles. The van der Waals surface area contributed by atoms with Crippen LogP contribution in [-0.2, 0) is 24.2 Å². The van der Waals surface area contributed by atoms with Gasteiger partial charge in [0.05, 0.1) is 17.4 Å². The van der Waals surface area contributed by atoms with Crippen LogP contribution in [-0.4, -0.2) is 15.7 Å². The number of hydrogen-bond donors (Lipinski definition) is 1. The standard InChI is InChI=1S/C26H33N3O/c1-3-8-21(9-4-2)26(30)27-17-19-14-15-24-22(16-19)18-28-29(24)25-13-7-11-20-10-5-6-12-23(20)25/h7,11,13-16,18,21H,3-6,8-10,12,17H2,1-2H3,(H,27,30). The van der Waals surface area contributed by atoms with E-state index in [0.29, 0.717) is 6.54 Å². The summed E-state index contributed by atoms with van der Waals surface area (Å²) in [5, 5.41) is 8.98. The van der Waals surface area contributed by atoms with Crippen LogP contribution >= 0.6 is 0 Å². The number of fused-ring (bicyclic) bond motifs is 2. The lowest BCUT2D eigenvalue weighted by atomic mass is 9.90. The topological polar surface area (TPSA) is 46.9 Å². The average Bonchev–Trinajstić information content (AvgIpc) is 3.20. The van der Waals surface area contributed by atoms with Crippen molar-refractivity contribution in [2.45, 2.75) is 71.8 Å². The van der Waals surface area contributed by atoms with E-state index in [1.807, 2.05) is 6.20 Å². The second kappa shape index (κ2) is 9.46. The Bertz CT molecular complexity index is 1010. The van der Waals surface area contributed by atoms with E-state index in [1.54, 1.807) is 0 Å². The molecular weight excluding hydrogens is 370 g/mol. The van der Waals surface area contributed by atoms with Gasteiger partial charge in [0.25, 0.3) is 0 Å². The molecular formula is C26H33N3O. The maximum absolute atomic E-state index is 12.6. The minimum absolute atomic E-state index is 0.135. The van der Waals surface area contributed by atoms with E-state index in [-0.39, 0.29) is 11.8 Å². The monoisotopic (exact) mass is 403 g/mol. The minimum Gasteiger partial charge on any atom is -0.352 e. The van der Waals surface area contributed by atoms with Crippen LogP contribution in [0.2, 0.25) is 0 Å². The fourth-order valence-electron chi connectivity index (χ4n) is 4.78. The van der Waals surface area contributed by atoms with Gasteiger partial charge < -0.3 is 5.32 Å². The maximum atomic E-state index is 12.6. The molecule has 1 amide bonds. The van der Waals surface area contributed by atoms with E-state index < -0.39 is 0 Å². The zero-order valence-electron chi connectivity index (χ0n) is 18.3. The quantitative estimate of drug-likeness (QED) is 0.521. The normalized spacial score (nSPS) is 13.6. The van der Waals surface area contributed by atoms with Crippen molar-refractivity contribution in [1.29, 1.82) is 0 Å². The molecule has 0 unspecified atom stereocenters. The Hall–Kier alpha value is -2.62. The van der Waals surface area contributed by atoms with Gasteiger partial charge in [0.2, 0.25) is 5.91 Å². The first-order valence-corrected chi connectivity index (χ1v) is 11.6. The van der Waals surface area contributed by atoms with E-state index in [0.717, 1.165) is 48.6 Å². The van der Waals surface area contributed by atoms with Gasteiger partial charge in [0, 0.05) is 17.8 Å². The molecule has 0 aliphatic heterocycles. The Labute approximate surface area is 179 Å². The van der Waals surface area contributed by atoms with Crippen molar-refractivity contribution in [1.82, 2.24) is 15.1 Å². The van der Waals surface area contributed by atoms with Gasteiger partial charge in [-0.15, -0.1) is 0 Å². The van der Waals surface area contributed by atoms with Crippen LogP contribution in [0.4, 0.5) is 0 Å². The molecule has 1 aliphatic rings. The van der Waals surface area contributed by atoms with E-state index >= 15 is 0 Å². The highest BCUT2D eigenvalue weighted by atomic mass is 16.1. The van der Waals surface area contributed by atoms with Crippen LogP contribution in [0.25, 0.3) is 16.6 Å². The molecule has 1 aromatic heterocycles. The molecule has 4 rings (SSSR count). The Morgan fingerprint density at radius 2 is 1.90 bits per heavy atom. The van der Waals surface area contributed by atoms with Gasteiger partial charge in [-0.2, -0.15) is 5.10 Å². The second-order valence-corrected chi connectivity index (χ2v) is 8.56. The van der Waals surface area contributed by atoms with Crippen molar-refractivity contribution >= 4 is 16.8 Å². The van der Waals surface area contributed by atoms with Gasteiger partial charge in [-0.3, -0.25) is 4.79 Å². The number of nitrogens with one attached hydrogen (secondary N) is 1. The molecule has 1 heterocycles. The van der Waals surface area contributed by atoms with Gasteiger partial charge in [0.1, 0.15) is 0 Å². The van der Waals surface area contributed by atoms with E-state index in [9.17, 15) is 4.79 Å². The first-order chi connectivity index (χ1) is 14.7. The Morgan fingerprint density at radius 3 is 2.70 bits per heavy atom. The van der Waals surface area contributed by atoms with Gasteiger partial charge in [-0.1, -0.05) is 44.9 Å². The zero-order valence-corrected chi connectivity index (χ0v) is 18.3. The zero-order chi connectivity index (χ0) is 20.9. The predicted molar refractivity (Wildman–Crippen MR) is 123 cm³/mol. The molecule has 158 valence electrons. The molecule has 2 aromatic carbocycles. The third kappa shape index (κ3) is 4.28. The Morgan fingerprint density at radius 1 is 1.10 bits per heavy atom. The van der Waals surface area contributed by atoms with Crippen LogP contribution in [0.3, 0.4) is 0 Å². The largest absolute Gasteiger partial charge is 0.352 e. The van der Waals surface area contributed by atoms with Crippen LogP contribution < -0.4 is 5.32 Å². The molecule has 0 radical (unpaired) electrons. The summed E-state index contributed by atoms with van der Waals surface area (Å²) >= 11 is 0. The summed E-state index contributed by atoms with van der Waals surface area (Å²) < 4.78 is 2.08. The highest BCUT2D eigenvalue weighted by molar-refractivity contribution is 5.82. The molecule has 0 fully saturated rings. The summed E-state index contributed by atoms with van der Waals surface area (Å²) in [4.78, 5) is 12.6. The van der Waals surface area contributed by atoms with Crippen molar-refractivity contribution < 1.29 is 4.79 Å². The molecule has 3 aromatic rings. The predicted octanol–water partition coefficient (Wildman–Crippen LogP) is 5.74. The smallest absolute Gasteiger partial charge is 0.223 e. The maximum Gasteiger partial charge on any atom is 0.223 e. The van der Waals surface area contributed by atoms with E-state index in [1.165, 1.54) is 36.1 Å². The number of aromatic nitrogens is 2. The third-order valence-electron chi connectivity index (χ3n) is 6.34. The van der Waals surface area contributed by atoms with Crippen molar-refractivity contribution in [3.63, 3.8) is 0 Å². The molecule has 0 spiro atoms. The molecule has 1 aliphatic carbocycles. The summed E-state index contributed by atoms with van der Waals surface area (Å²) in [5.41, 5.74) is 6.37. The van der Waals surface area contributed by atoms with Crippen LogP contribution in [0.5, 0.6) is 0 Å². The number of benzene rings is 2. The summed E-state index contributed by atoms with van der Waals surface area (Å²) in [6, 6.07) is 13.0. The molecule has 0 saturated carbocycles. The SMILES string of the molecule is CCCC(CCC)C(=O)NCc1ccc2c(cnn2-c2cccc3c2CCCC3)c1. The molecule has 0 bridgehead atoms. The summed E-state index contributed by atoms with van der Waals surface area (Å²) in [7, 11) is 0. The van der Waals surface area contributed by atoms with Crippen LogP contribution in [0.1, 0.15) is 69.1 Å². The van der Waals surface area contributed by atoms with E-state index in [2.05, 4.69) is 60.2 Å². The first kappa shape index (κ1) is 20.6. The van der Waals surface area contributed by atoms with Gasteiger partial charge in [-0.25, -0.2) is 4.68 Å². The highest BCUT2D eigenvalue weighted by Gasteiger charge is 2.17. The summed E-state index contributed by atoms with van der Waals surface area (Å²) in [5.74, 6) is 0.321. The highest BCUT2D eigenvalue weighted by Crippen LogP contribution is 2.29. The minimum atomic E-state index is 0.135. The van der Waals surface area contributed by atoms with Crippen molar-refractivity contribution in [2.75, 3.05) is 0 Å². The average molecular weight is 404 g/mol. The van der Waals surface area contributed by atoms with Gasteiger partial charge in [-0.05, 0) is 73.4 Å². The third-order valence-corrected chi connectivity index (χ3v) is 6.34. The number of nitrogens with zero attached hydrogens (tertiary/aromatic N) is 2. The van der Waals surface area contributed by atoms with Gasteiger partial charge >= 0.3 is 0 Å². The lowest BCUT2D eigenvalue weighted by molar-refractivity contribution is -0.125. The Kier molecular flexibility index (Phi) is 6.51. The first-order valence-electron chi connectivity index (χ1n) is 11.6. The number of carbonyl (C=O) groups is 1. The number of hydrogen-bond acceptors (Lipinski definition) is 2. The second-order valence-electron chi connectivity index (χ2n) is 8.56. The number of carbonyl (C=O) groups excluding carboxylic acids is 1. The lowest BCUT2D eigenvalue weighted by Gasteiger charge is -2.19. The number of amides is 1. The molecule has 4 heteroatoms.